The molecule has 0 radical (unpaired) electrons. The van der Waals surface area contributed by atoms with Crippen molar-refractivity contribution in [3.05, 3.63) is 49.1 Å². The van der Waals surface area contributed by atoms with Gasteiger partial charge in [-0.05, 0) is 44.9 Å². The molecule has 1 aliphatic heterocycles. The van der Waals surface area contributed by atoms with Crippen LogP contribution in [0.2, 0.25) is 0 Å². The molecule has 76 heavy (non-hydrogen) atoms. The molecule has 1 saturated heterocycles. The Morgan fingerprint density at radius 3 is 1.51 bits per heavy atom. The van der Waals surface area contributed by atoms with Crippen LogP contribution in [0.25, 0.3) is 22.3 Å². The smallest absolute Gasteiger partial charge is 0.317 e. The molecule has 4 aliphatic rings. The average Bonchev–Trinajstić information content (AvgIpc) is 4.34. The molecule has 0 bridgehead atoms. The van der Waals surface area contributed by atoms with Crippen LogP contribution in [0.1, 0.15) is 68.4 Å². The molecule has 29 nitrogen and oxygen atoms in total. The van der Waals surface area contributed by atoms with Crippen LogP contribution in [0.5, 0.6) is 0 Å². The number of aliphatic hydroxyl groups is 6. The van der Waals surface area contributed by atoms with Crippen molar-refractivity contribution in [1.82, 2.24) is 79.0 Å². The molecule has 4 amide bonds. The zero-order valence-corrected chi connectivity index (χ0v) is 42.1. The predicted octanol–water partition coefficient (Wildman–Crippen LogP) is -2.35. The normalized spacial score (nSPS) is 26.5. The summed E-state index contributed by atoms with van der Waals surface area (Å²) in [5.41, 5.74) is 3.46. The number of urea groups is 1. The lowest BCUT2D eigenvalue weighted by molar-refractivity contribution is -0.126. The number of rotatable bonds is 19. The van der Waals surface area contributed by atoms with E-state index in [0.717, 1.165) is 11.4 Å². The van der Waals surface area contributed by atoms with Crippen LogP contribution in [0.3, 0.4) is 0 Å². The third-order valence-electron chi connectivity index (χ3n) is 14.9. The van der Waals surface area contributed by atoms with Crippen molar-refractivity contribution >= 4 is 63.7 Å². The number of aliphatic hydroxyl groups excluding tert-OH is 6. The number of imidazole rings is 4. The molecule has 6 aromatic heterocycles. The van der Waals surface area contributed by atoms with Crippen LogP contribution in [-0.2, 0) is 36.5 Å². The van der Waals surface area contributed by atoms with Crippen molar-refractivity contribution in [3.8, 4) is 0 Å². The third kappa shape index (κ3) is 11.3. The van der Waals surface area contributed by atoms with Gasteiger partial charge in [0.15, 0.2) is 34.0 Å². The number of nitrogens with one attached hydrogen (secondary N) is 7. The zero-order valence-electron chi connectivity index (χ0n) is 42.1. The molecule has 9 atom stereocenters. The maximum Gasteiger partial charge on any atom is 0.317 e. The van der Waals surface area contributed by atoms with E-state index in [1.165, 1.54) is 6.33 Å². The number of amides is 4. The summed E-state index contributed by atoms with van der Waals surface area (Å²) in [5, 5.41) is 84.7. The fourth-order valence-electron chi connectivity index (χ4n) is 10.9. The number of carbonyl (C=O) groups is 3. The number of aryl methyl sites for hydroxylation is 2. The second kappa shape index (κ2) is 22.5. The van der Waals surface area contributed by atoms with Gasteiger partial charge in [-0.1, -0.05) is 0 Å². The topological polar surface area (TPSA) is 383 Å². The standard InChI is InChI=1S/C47H66N20O9/c1-63-15-26(50-20-63)7-10-48-45-59-41(35-43(61-45)66(22-52-35)31-13-29(37(72)39(31)74)57-33(70)18-68)54-24-3-5-25(6-4-24)56-47(76)65-12-9-28(17-65)55-42-36-44(62-46(60-42)49-11-8-27-16-64(2)21-51-27)67(23-53-36)32-14-30(38(73)40(32)75)58-34(71)19-69/h15-16,20-25,28-32,37-40,68-69,72-75H,3-14,17-19H2,1-2H3,(H,56,76)(H,57,70)(H,58,71)(H2,48,54,59,61)(H2,49,55,60,62)/t24-,25-,28-,29+,30+,31-,32-,37-,38-,39+,40+/m1/s1. The molecule has 408 valence electrons. The number of aromatic nitrogens is 12. The second-order valence-corrected chi connectivity index (χ2v) is 20.3. The molecule has 3 saturated carbocycles. The molecule has 3 aliphatic carbocycles. The summed E-state index contributed by atoms with van der Waals surface area (Å²) in [6, 6.07) is -3.46. The van der Waals surface area contributed by atoms with Gasteiger partial charge < -0.3 is 91.0 Å². The number of anilines is 4. The summed E-state index contributed by atoms with van der Waals surface area (Å²) in [5.74, 6) is 0.200. The highest BCUT2D eigenvalue weighted by Gasteiger charge is 2.45. The van der Waals surface area contributed by atoms with E-state index in [9.17, 15) is 45.0 Å². The van der Waals surface area contributed by atoms with Gasteiger partial charge in [0.25, 0.3) is 0 Å². The first-order valence-electron chi connectivity index (χ1n) is 25.7. The lowest BCUT2D eigenvalue weighted by Gasteiger charge is -2.31. The van der Waals surface area contributed by atoms with Gasteiger partial charge >= 0.3 is 6.03 Å². The number of fused-ring (bicyclic) bond motifs is 2. The van der Waals surface area contributed by atoms with Crippen LogP contribution in [0.15, 0.2) is 37.7 Å². The molecule has 0 unspecified atom stereocenters. The Labute approximate surface area is 435 Å². The number of nitrogens with zero attached hydrogens (tertiary/aromatic N) is 13. The Balaban J connectivity index is 0.779. The Morgan fingerprint density at radius 2 is 1.05 bits per heavy atom. The van der Waals surface area contributed by atoms with E-state index < -0.39 is 73.6 Å². The molecule has 10 rings (SSSR count). The van der Waals surface area contributed by atoms with Crippen LogP contribution in [0.4, 0.5) is 28.3 Å². The van der Waals surface area contributed by atoms with Gasteiger partial charge in [-0.2, -0.15) is 19.9 Å². The number of hydrogen-bond donors (Lipinski definition) is 13. The summed E-state index contributed by atoms with van der Waals surface area (Å²) in [6.07, 6.45) is 10.3. The molecule has 7 heterocycles. The van der Waals surface area contributed by atoms with Crippen LogP contribution in [-0.4, -0.2) is 206 Å². The maximum absolute atomic E-state index is 13.8. The van der Waals surface area contributed by atoms with Crippen LogP contribution in [0, 0.1) is 0 Å². The molecular weight excluding hydrogens is 989 g/mol. The van der Waals surface area contributed by atoms with E-state index in [0.29, 0.717) is 117 Å². The minimum atomic E-state index is -1.29. The first-order valence-corrected chi connectivity index (χ1v) is 25.7. The van der Waals surface area contributed by atoms with Gasteiger partial charge in [-0.25, -0.2) is 24.7 Å². The summed E-state index contributed by atoms with van der Waals surface area (Å²) in [6.45, 7) is 0.325. The lowest BCUT2D eigenvalue weighted by atomic mass is 9.91. The van der Waals surface area contributed by atoms with Gasteiger partial charge in [0.1, 0.15) is 37.6 Å². The predicted molar refractivity (Wildman–Crippen MR) is 273 cm³/mol. The maximum atomic E-state index is 13.8. The highest BCUT2D eigenvalue weighted by Crippen LogP contribution is 2.37. The molecular formula is C47H66N20O9. The Bertz CT molecular complexity index is 3010. The molecule has 6 aromatic rings. The summed E-state index contributed by atoms with van der Waals surface area (Å²) >= 11 is 0. The third-order valence-corrected chi connectivity index (χ3v) is 14.9. The van der Waals surface area contributed by atoms with Gasteiger partial charge in [0.2, 0.25) is 23.7 Å². The SMILES string of the molecule is Cn1cnc(CCNc2nc(N[C@@H]3CCN(C(=O)N[C@H]4CC[C@H](Nc5nc(NCCc6cn(C)cn6)nc6c5ncn6[C@@H]5C[C@H](NC(=O)CO)[C@@H](O)[C@H]5O)CC4)C3)c3ncn([C@@H]4C[C@H](NC(=O)CO)[C@@H](O)[C@H]4O)c3n2)c1. The second-order valence-electron chi connectivity index (χ2n) is 20.3. The number of hydrogen-bond acceptors (Lipinski definition) is 21. The van der Waals surface area contributed by atoms with E-state index in [-0.39, 0.29) is 37.0 Å². The molecule has 0 aromatic carbocycles. The van der Waals surface area contributed by atoms with E-state index in [4.69, 9.17) is 19.9 Å². The van der Waals surface area contributed by atoms with Gasteiger partial charge in [0.05, 0.1) is 60.9 Å². The van der Waals surface area contributed by atoms with Crippen LogP contribution < -0.4 is 37.2 Å². The van der Waals surface area contributed by atoms with E-state index in [1.807, 2.05) is 35.6 Å². The Hall–Kier alpha value is -7.31. The van der Waals surface area contributed by atoms with Crippen molar-refractivity contribution in [2.24, 2.45) is 14.1 Å². The van der Waals surface area contributed by atoms with E-state index >= 15 is 0 Å². The summed E-state index contributed by atoms with van der Waals surface area (Å²) in [7, 11) is 3.80. The first-order chi connectivity index (χ1) is 36.7. The highest BCUT2D eigenvalue weighted by molar-refractivity contribution is 5.86. The fraction of sp³-hybridized carbons (Fsp3) is 0.596. The summed E-state index contributed by atoms with van der Waals surface area (Å²) < 4.78 is 7.10. The molecule has 0 spiro atoms. The minimum absolute atomic E-state index is 0.0202. The van der Waals surface area contributed by atoms with E-state index in [2.05, 4.69) is 57.2 Å². The van der Waals surface area contributed by atoms with Crippen molar-refractivity contribution in [2.45, 2.75) is 124 Å². The van der Waals surface area contributed by atoms with Crippen LogP contribution >= 0.6 is 0 Å². The zero-order chi connectivity index (χ0) is 53.2. The summed E-state index contributed by atoms with van der Waals surface area (Å²) in [4.78, 5) is 77.0. The number of carbonyl (C=O) groups excluding carboxylic acids is 3. The van der Waals surface area contributed by atoms with E-state index in [1.54, 1.807) is 33.0 Å². The van der Waals surface area contributed by atoms with Crippen molar-refractivity contribution in [1.29, 1.82) is 0 Å². The number of likely N-dealkylation sites (tertiary alicyclic amines) is 1. The molecule has 13 N–H and O–H groups in total. The van der Waals surface area contributed by atoms with Gasteiger partial charge in [-0.15, -0.1) is 0 Å². The fourth-order valence-corrected chi connectivity index (χ4v) is 10.9. The Morgan fingerprint density at radius 1 is 0.579 bits per heavy atom. The Kier molecular flexibility index (Phi) is 15.4. The average molecular weight is 1060 g/mol. The van der Waals surface area contributed by atoms with Crippen molar-refractivity contribution in [2.75, 3.05) is 60.7 Å². The van der Waals surface area contributed by atoms with Gasteiger partial charge in [-0.3, -0.25) is 9.59 Å². The molecule has 4 fully saturated rings. The quantitative estimate of drug-likeness (QED) is 0.0404. The highest BCUT2D eigenvalue weighted by atomic mass is 16.3. The van der Waals surface area contributed by atoms with Crippen molar-refractivity contribution < 1.29 is 45.0 Å². The largest absolute Gasteiger partial charge is 0.388 e. The van der Waals surface area contributed by atoms with Crippen molar-refractivity contribution in [3.63, 3.8) is 0 Å². The lowest BCUT2D eigenvalue weighted by Crippen LogP contribution is -2.46. The van der Waals surface area contributed by atoms with Gasteiger partial charge in [0, 0.05) is 83.6 Å². The minimum Gasteiger partial charge on any atom is -0.388 e. The monoisotopic (exact) mass is 1050 g/mol. The first kappa shape index (κ1) is 52.1. The molecule has 29 heteroatoms.